The quantitative estimate of drug-likeness (QED) is 0.494. The molecule has 0 aliphatic rings. The van der Waals surface area contributed by atoms with E-state index in [-0.39, 0.29) is 0 Å². The van der Waals surface area contributed by atoms with Crippen molar-refractivity contribution in [3.8, 4) is 0 Å². The zero-order chi connectivity index (χ0) is 17.7. The van der Waals surface area contributed by atoms with E-state index < -0.39 is 11.8 Å². The number of rotatable bonds is 3. The molecule has 2 rings (SSSR count). The Kier molecular flexibility index (Phi) is 5.95. The number of nitrogens with zero attached hydrogens (tertiary/aromatic N) is 1. The van der Waals surface area contributed by atoms with Crippen LogP contribution in [0.1, 0.15) is 18.1 Å². The Hall–Kier alpha value is -2.37. The summed E-state index contributed by atoms with van der Waals surface area (Å²) in [5, 5.41) is 7.04. The molecule has 24 heavy (non-hydrogen) atoms. The van der Waals surface area contributed by atoms with Crippen LogP contribution in [0, 0.1) is 6.92 Å². The molecule has 124 valence electrons. The lowest BCUT2D eigenvalue weighted by atomic mass is 10.1. The average molecular weight is 364 g/mol. The fourth-order valence-electron chi connectivity index (χ4n) is 1.86. The van der Waals surface area contributed by atoms with Gasteiger partial charge in [0, 0.05) is 15.7 Å². The van der Waals surface area contributed by atoms with E-state index in [9.17, 15) is 9.59 Å². The molecule has 0 atom stereocenters. The van der Waals surface area contributed by atoms with Crippen LogP contribution >= 0.6 is 23.2 Å². The summed E-state index contributed by atoms with van der Waals surface area (Å²) < 4.78 is 0. The molecule has 0 aliphatic carbocycles. The van der Waals surface area contributed by atoms with Gasteiger partial charge in [-0.15, -0.1) is 0 Å². The largest absolute Gasteiger partial charge is 0.329 e. The SMILES string of the molecule is C/C(=N\NC(=O)C(=O)Nc1cc(Cl)cc(Cl)c1)c1ccc(C)cc1. The lowest BCUT2D eigenvalue weighted by Crippen LogP contribution is -2.32. The monoisotopic (exact) mass is 363 g/mol. The second-order valence-corrected chi connectivity index (χ2v) is 5.99. The molecule has 0 radical (unpaired) electrons. The molecule has 2 amide bonds. The van der Waals surface area contributed by atoms with Crippen LogP contribution in [-0.2, 0) is 9.59 Å². The second-order valence-electron chi connectivity index (χ2n) is 5.12. The minimum absolute atomic E-state index is 0.326. The molecule has 0 fully saturated rings. The molecule has 2 N–H and O–H groups in total. The van der Waals surface area contributed by atoms with Crippen LogP contribution in [0.2, 0.25) is 10.0 Å². The van der Waals surface area contributed by atoms with Gasteiger partial charge in [0.2, 0.25) is 0 Å². The van der Waals surface area contributed by atoms with Crippen molar-refractivity contribution in [3.05, 3.63) is 63.6 Å². The van der Waals surface area contributed by atoms with Crippen LogP contribution in [0.25, 0.3) is 0 Å². The summed E-state index contributed by atoms with van der Waals surface area (Å²) >= 11 is 11.7. The molecule has 0 heterocycles. The number of hydrogen-bond donors (Lipinski definition) is 2. The topological polar surface area (TPSA) is 70.6 Å². The van der Waals surface area contributed by atoms with Crippen LogP contribution < -0.4 is 10.7 Å². The first-order chi connectivity index (χ1) is 11.3. The maximum Gasteiger partial charge on any atom is 0.329 e. The first-order valence-electron chi connectivity index (χ1n) is 7.04. The van der Waals surface area contributed by atoms with Gasteiger partial charge < -0.3 is 5.32 Å². The summed E-state index contributed by atoms with van der Waals surface area (Å²) in [6.07, 6.45) is 0. The smallest absolute Gasteiger partial charge is 0.318 e. The molecular weight excluding hydrogens is 349 g/mol. The van der Waals surface area contributed by atoms with Crippen molar-refractivity contribution in [2.45, 2.75) is 13.8 Å². The van der Waals surface area contributed by atoms with E-state index >= 15 is 0 Å². The summed E-state index contributed by atoms with van der Waals surface area (Å²) in [6, 6.07) is 12.1. The average Bonchev–Trinajstić information content (AvgIpc) is 2.51. The molecule has 0 bridgehead atoms. The molecule has 0 saturated carbocycles. The molecular formula is C17H15Cl2N3O2. The number of anilines is 1. The lowest BCUT2D eigenvalue weighted by molar-refractivity contribution is -0.136. The van der Waals surface area contributed by atoms with Crippen LogP contribution in [-0.4, -0.2) is 17.5 Å². The highest BCUT2D eigenvalue weighted by Crippen LogP contribution is 2.22. The van der Waals surface area contributed by atoms with Crippen LogP contribution in [0.4, 0.5) is 5.69 Å². The van der Waals surface area contributed by atoms with Gasteiger partial charge in [-0.3, -0.25) is 9.59 Å². The summed E-state index contributed by atoms with van der Waals surface area (Å²) in [4.78, 5) is 23.7. The van der Waals surface area contributed by atoms with Gasteiger partial charge in [0.1, 0.15) is 0 Å². The maximum atomic E-state index is 11.9. The Morgan fingerprint density at radius 2 is 1.54 bits per heavy atom. The Balaban J connectivity index is 1.99. The number of halogens is 2. The fraction of sp³-hybridized carbons (Fsp3) is 0.118. The summed E-state index contributed by atoms with van der Waals surface area (Å²) in [6.45, 7) is 3.71. The van der Waals surface area contributed by atoms with Gasteiger partial charge in [0.15, 0.2) is 0 Å². The number of carbonyl (C=O) groups excluding carboxylic acids is 2. The number of benzene rings is 2. The first kappa shape index (κ1) is 18.0. The zero-order valence-corrected chi connectivity index (χ0v) is 14.6. The molecule has 2 aromatic carbocycles. The van der Waals surface area contributed by atoms with Crippen LogP contribution in [0.15, 0.2) is 47.6 Å². The minimum Gasteiger partial charge on any atom is -0.318 e. The third-order valence-electron chi connectivity index (χ3n) is 3.12. The van der Waals surface area contributed by atoms with Crippen molar-refractivity contribution < 1.29 is 9.59 Å². The Morgan fingerprint density at radius 3 is 2.12 bits per heavy atom. The second kappa shape index (κ2) is 7.95. The highest BCUT2D eigenvalue weighted by Gasteiger charge is 2.14. The van der Waals surface area contributed by atoms with Crippen LogP contribution in [0.5, 0.6) is 0 Å². The molecule has 2 aromatic rings. The van der Waals surface area contributed by atoms with Crippen molar-refractivity contribution in [1.29, 1.82) is 0 Å². The van der Waals surface area contributed by atoms with Crippen molar-refractivity contribution in [2.24, 2.45) is 5.10 Å². The predicted octanol–water partition coefficient (Wildman–Crippen LogP) is 3.78. The standard InChI is InChI=1S/C17H15Cl2N3O2/c1-10-3-5-12(6-4-10)11(2)21-22-17(24)16(23)20-15-8-13(18)7-14(19)9-15/h3-9H,1-2H3,(H,20,23)(H,22,24)/b21-11+. The third kappa shape index (κ3) is 5.08. The maximum absolute atomic E-state index is 11.9. The van der Waals surface area contributed by atoms with E-state index in [4.69, 9.17) is 23.2 Å². The Morgan fingerprint density at radius 1 is 0.958 bits per heavy atom. The molecule has 7 heteroatoms. The summed E-state index contributed by atoms with van der Waals surface area (Å²) in [7, 11) is 0. The normalized spacial score (nSPS) is 11.1. The number of hydrogen-bond acceptors (Lipinski definition) is 3. The van der Waals surface area contributed by atoms with E-state index in [1.54, 1.807) is 6.92 Å². The number of nitrogens with one attached hydrogen (secondary N) is 2. The first-order valence-corrected chi connectivity index (χ1v) is 7.79. The predicted molar refractivity (Wildman–Crippen MR) is 96.6 cm³/mol. The molecule has 0 unspecified atom stereocenters. The third-order valence-corrected chi connectivity index (χ3v) is 3.56. The molecule has 0 aliphatic heterocycles. The number of amides is 2. The van der Waals surface area contributed by atoms with Crippen molar-refractivity contribution >= 4 is 46.4 Å². The van der Waals surface area contributed by atoms with E-state index in [0.717, 1.165) is 11.1 Å². The van der Waals surface area contributed by atoms with Crippen molar-refractivity contribution in [1.82, 2.24) is 5.43 Å². The van der Waals surface area contributed by atoms with E-state index in [1.165, 1.54) is 18.2 Å². The zero-order valence-electron chi connectivity index (χ0n) is 13.1. The van der Waals surface area contributed by atoms with Gasteiger partial charge in [0.25, 0.3) is 0 Å². The van der Waals surface area contributed by atoms with Gasteiger partial charge in [-0.1, -0.05) is 53.0 Å². The molecule has 0 spiro atoms. The lowest BCUT2D eigenvalue weighted by Gasteiger charge is -2.06. The van der Waals surface area contributed by atoms with Crippen molar-refractivity contribution in [2.75, 3.05) is 5.32 Å². The number of carbonyl (C=O) groups is 2. The molecule has 0 aromatic heterocycles. The molecule has 5 nitrogen and oxygen atoms in total. The van der Waals surface area contributed by atoms with Gasteiger partial charge in [-0.25, -0.2) is 5.43 Å². The van der Waals surface area contributed by atoms with Gasteiger partial charge in [0.05, 0.1) is 5.71 Å². The van der Waals surface area contributed by atoms with E-state index in [0.29, 0.717) is 21.4 Å². The highest BCUT2D eigenvalue weighted by molar-refractivity contribution is 6.40. The summed E-state index contributed by atoms with van der Waals surface area (Å²) in [5.41, 5.74) is 5.10. The Bertz CT molecular complexity index is 782. The van der Waals surface area contributed by atoms with Crippen LogP contribution in [0.3, 0.4) is 0 Å². The summed E-state index contributed by atoms with van der Waals surface area (Å²) in [5.74, 6) is -1.76. The molecule has 0 saturated heterocycles. The van der Waals surface area contributed by atoms with Crippen molar-refractivity contribution in [3.63, 3.8) is 0 Å². The van der Waals surface area contributed by atoms with Gasteiger partial charge in [-0.05, 0) is 37.6 Å². The Labute approximate surface area is 149 Å². The highest BCUT2D eigenvalue weighted by atomic mass is 35.5. The number of hydrazone groups is 1. The van der Waals surface area contributed by atoms with Gasteiger partial charge in [-0.2, -0.15) is 5.10 Å². The van der Waals surface area contributed by atoms with E-state index in [2.05, 4.69) is 15.8 Å². The van der Waals surface area contributed by atoms with E-state index in [1.807, 2.05) is 31.2 Å². The van der Waals surface area contributed by atoms with Gasteiger partial charge >= 0.3 is 11.8 Å². The number of aryl methyl sites for hydroxylation is 1. The minimum atomic E-state index is -0.891. The fourth-order valence-corrected chi connectivity index (χ4v) is 2.38.